The minimum atomic E-state index is -0.161. The molecule has 1 amide bonds. The molecule has 0 aliphatic carbocycles. The van der Waals surface area contributed by atoms with Crippen LogP contribution in [0.3, 0.4) is 0 Å². The summed E-state index contributed by atoms with van der Waals surface area (Å²) in [6.45, 7) is 0. The lowest BCUT2D eigenvalue weighted by atomic mass is 10.1. The molecule has 0 atom stereocenters. The van der Waals surface area contributed by atoms with Crippen molar-refractivity contribution < 1.29 is 4.79 Å². The Morgan fingerprint density at radius 2 is 2.19 bits per heavy atom. The molecule has 82 valence electrons. The Kier molecular flexibility index (Phi) is 2.86. The van der Waals surface area contributed by atoms with Gasteiger partial charge in [0.2, 0.25) is 0 Å². The highest BCUT2D eigenvalue weighted by atomic mass is 16.1. The molecule has 5 nitrogen and oxygen atoms in total. The molecule has 0 radical (unpaired) electrons. The van der Waals surface area contributed by atoms with Gasteiger partial charge in [0, 0.05) is 18.9 Å². The molecule has 16 heavy (non-hydrogen) atoms. The van der Waals surface area contributed by atoms with Gasteiger partial charge in [0.15, 0.2) is 0 Å². The van der Waals surface area contributed by atoms with Gasteiger partial charge in [-0.15, -0.1) is 0 Å². The van der Waals surface area contributed by atoms with Crippen LogP contribution >= 0.6 is 0 Å². The van der Waals surface area contributed by atoms with Crippen molar-refractivity contribution >= 4 is 17.3 Å². The number of carbonyl (C=O) groups excluding carboxylic acids is 1. The van der Waals surface area contributed by atoms with Crippen LogP contribution in [-0.2, 0) is 0 Å². The highest BCUT2D eigenvalue weighted by Crippen LogP contribution is 2.15. The molecule has 3 N–H and O–H groups in total. The van der Waals surface area contributed by atoms with Crippen LogP contribution < -0.4 is 10.6 Å². The molecule has 2 aromatic rings. The largest absolute Gasteiger partial charge is 0.387 e. The van der Waals surface area contributed by atoms with E-state index >= 15 is 0 Å². The zero-order valence-electron chi connectivity index (χ0n) is 8.82. The summed E-state index contributed by atoms with van der Waals surface area (Å²) in [5, 5.41) is 12.1. The SMILES string of the molecule is CNc1ccccc1C(=O)Nc1cn[nH]c1. The number of H-pyrrole nitrogens is 1. The van der Waals surface area contributed by atoms with Gasteiger partial charge in [-0.25, -0.2) is 0 Å². The van der Waals surface area contributed by atoms with Crippen molar-refractivity contribution in [2.24, 2.45) is 0 Å². The van der Waals surface area contributed by atoms with Crippen molar-refractivity contribution in [2.45, 2.75) is 0 Å². The molecule has 2 rings (SSSR count). The number of nitrogens with zero attached hydrogens (tertiary/aromatic N) is 1. The van der Waals surface area contributed by atoms with E-state index in [1.165, 1.54) is 0 Å². The van der Waals surface area contributed by atoms with E-state index < -0.39 is 0 Å². The summed E-state index contributed by atoms with van der Waals surface area (Å²) < 4.78 is 0. The van der Waals surface area contributed by atoms with E-state index in [0.29, 0.717) is 11.3 Å². The van der Waals surface area contributed by atoms with Crippen LogP contribution in [0, 0.1) is 0 Å². The van der Waals surface area contributed by atoms with Gasteiger partial charge in [-0.05, 0) is 12.1 Å². The van der Waals surface area contributed by atoms with Crippen LogP contribution in [0.25, 0.3) is 0 Å². The molecule has 0 unspecified atom stereocenters. The Bertz CT molecular complexity index is 478. The minimum absolute atomic E-state index is 0.161. The molecular formula is C11H12N4O. The Hall–Kier alpha value is -2.30. The Morgan fingerprint density at radius 1 is 1.38 bits per heavy atom. The van der Waals surface area contributed by atoms with Gasteiger partial charge < -0.3 is 10.6 Å². The van der Waals surface area contributed by atoms with Gasteiger partial charge in [-0.3, -0.25) is 9.89 Å². The van der Waals surface area contributed by atoms with E-state index in [4.69, 9.17) is 0 Å². The third-order valence-corrected chi connectivity index (χ3v) is 2.20. The van der Waals surface area contributed by atoms with Crippen molar-refractivity contribution in [3.05, 3.63) is 42.2 Å². The maximum atomic E-state index is 11.9. The number of benzene rings is 1. The Balaban J connectivity index is 2.21. The summed E-state index contributed by atoms with van der Waals surface area (Å²) in [5.74, 6) is -0.161. The average molecular weight is 216 g/mol. The highest BCUT2D eigenvalue weighted by Gasteiger charge is 2.10. The maximum absolute atomic E-state index is 11.9. The summed E-state index contributed by atoms with van der Waals surface area (Å²) in [4.78, 5) is 11.9. The van der Waals surface area contributed by atoms with E-state index in [0.717, 1.165) is 5.69 Å². The summed E-state index contributed by atoms with van der Waals surface area (Å²) >= 11 is 0. The molecule has 0 fully saturated rings. The number of nitrogens with one attached hydrogen (secondary N) is 3. The number of amides is 1. The topological polar surface area (TPSA) is 69.8 Å². The number of hydrogen-bond donors (Lipinski definition) is 3. The molecule has 0 aliphatic heterocycles. The van der Waals surface area contributed by atoms with Crippen molar-refractivity contribution in [2.75, 3.05) is 17.7 Å². The molecule has 5 heteroatoms. The summed E-state index contributed by atoms with van der Waals surface area (Å²) in [6, 6.07) is 7.32. The zero-order valence-corrected chi connectivity index (χ0v) is 8.82. The van der Waals surface area contributed by atoms with Crippen LogP contribution in [-0.4, -0.2) is 23.2 Å². The van der Waals surface area contributed by atoms with E-state index in [2.05, 4.69) is 20.8 Å². The number of aromatic amines is 1. The highest BCUT2D eigenvalue weighted by molar-refractivity contribution is 6.07. The number of hydrogen-bond acceptors (Lipinski definition) is 3. The first-order chi connectivity index (χ1) is 7.81. The molecule has 0 spiro atoms. The van der Waals surface area contributed by atoms with Gasteiger partial charge in [-0.2, -0.15) is 5.10 Å². The average Bonchev–Trinajstić information content (AvgIpc) is 2.81. The van der Waals surface area contributed by atoms with Gasteiger partial charge in [0.05, 0.1) is 17.4 Å². The molecule has 1 aromatic carbocycles. The van der Waals surface area contributed by atoms with Gasteiger partial charge in [-0.1, -0.05) is 12.1 Å². The quantitative estimate of drug-likeness (QED) is 0.731. The fraction of sp³-hybridized carbons (Fsp3) is 0.0909. The second-order valence-electron chi connectivity index (χ2n) is 3.24. The Labute approximate surface area is 92.9 Å². The predicted octanol–water partition coefficient (Wildman–Crippen LogP) is 1.70. The first-order valence-corrected chi connectivity index (χ1v) is 4.88. The predicted molar refractivity (Wildman–Crippen MR) is 62.5 cm³/mol. The van der Waals surface area contributed by atoms with Crippen molar-refractivity contribution in [3.8, 4) is 0 Å². The molecule has 0 bridgehead atoms. The number of aromatic nitrogens is 2. The lowest BCUT2D eigenvalue weighted by Crippen LogP contribution is -2.13. The van der Waals surface area contributed by atoms with Crippen LogP contribution in [0.4, 0.5) is 11.4 Å². The number of rotatable bonds is 3. The van der Waals surface area contributed by atoms with Crippen molar-refractivity contribution in [1.82, 2.24) is 10.2 Å². The number of carbonyl (C=O) groups is 1. The minimum Gasteiger partial charge on any atom is -0.387 e. The van der Waals surface area contributed by atoms with E-state index in [-0.39, 0.29) is 5.91 Å². The van der Waals surface area contributed by atoms with Gasteiger partial charge >= 0.3 is 0 Å². The summed E-state index contributed by atoms with van der Waals surface area (Å²) in [6.07, 6.45) is 3.18. The lowest BCUT2D eigenvalue weighted by molar-refractivity contribution is 0.102. The molecule has 0 aliphatic rings. The molecule has 1 aromatic heterocycles. The van der Waals surface area contributed by atoms with Gasteiger partial charge in [0.1, 0.15) is 0 Å². The maximum Gasteiger partial charge on any atom is 0.257 e. The molecular weight excluding hydrogens is 204 g/mol. The smallest absolute Gasteiger partial charge is 0.257 e. The number of anilines is 2. The van der Waals surface area contributed by atoms with Crippen LogP contribution in [0.5, 0.6) is 0 Å². The normalized spacial score (nSPS) is 9.81. The van der Waals surface area contributed by atoms with Crippen LogP contribution in [0.2, 0.25) is 0 Å². The Morgan fingerprint density at radius 3 is 2.88 bits per heavy atom. The fourth-order valence-electron chi connectivity index (χ4n) is 1.42. The first kappa shape index (κ1) is 10.2. The first-order valence-electron chi connectivity index (χ1n) is 4.88. The van der Waals surface area contributed by atoms with E-state index in [9.17, 15) is 4.79 Å². The second kappa shape index (κ2) is 4.48. The third-order valence-electron chi connectivity index (χ3n) is 2.20. The second-order valence-corrected chi connectivity index (χ2v) is 3.24. The van der Waals surface area contributed by atoms with Gasteiger partial charge in [0.25, 0.3) is 5.91 Å². The van der Waals surface area contributed by atoms with Crippen molar-refractivity contribution in [3.63, 3.8) is 0 Å². The fourth-order valence-corrected chi connectivity index (χ4v) is 1.42. The summed E-state index contributed by atoms with van der Waals surface area (Å²) in [5.41, 5.74) is 2.05. The monoisotopic (exact) mass is 216 g/mol. The summed E-state index contributed by atoms with van der Waals surface area (Å²) in [7, 11) is 1.78. The third kappa shape index (κ3) is 2.03. The van der Waals surface area contributed by atoms with Crippen LogP contribution in [0.1, 0.15) is 10.4 Å². The molecule has 0 saturated heterocycles. The lowest BCUT2D eigenvalue weighted by Gasteiger charge is -2.07. The standard InChI is InChI=1S/C11H12N4O/c1-12-10-5-3-2-4-9(10)11(16)15-8-6-13-14-7-8/h2-7,12H,1H3,(H,13,14)(H,15,16). The molecule has 0 saturated carbocycles. The van der Waals surface area contributed by atoms with Crippen LogP contribution in [0.15, 0.2) is 36.7 Å². The van der Waals surface area contributed by atoms with E-state index in [1.807, 2.05) is 18.2 Å². The van der Waals surface area contributed by atoms with E-state index in [1.54, 1.807) is 25.5 Å². The van der Waals surface area contributed by atoms with Crippen molar-refractivity contribution in [1.29, 1.82) is 0 Å². The number of para-hydroxylation sites is 1. The zero-order chi connectivity index (χ0) is 11.4. The molecule has 1 heterocycles.